The van der Waals surface area contributed by atoms with Gasteiger partial charge < -0.3 is 10.1 Å². The summed E-state index contributed by atoms with van der Waals surface area (Å²) in [5, 5.41) is 2.52. The first-order chi connectivity index (χ1) is 7.24. The van der Waals surface area contributed by atoms with Crippen LogP contribution in [0.15, 0.2) is 24.3 Å². The molecule has 0 heterocycles. The van der Waals surface area contributed by atoms with E-state index in [-0.39, 0.29) is 19.1 Å². The molecule has 1 N–H and O–H groups in total. The van der Waals surface area contributed by atoms with Crippen LogP contribution in [0.2, 0.25) is 0 Å². The lowest BCUT2D eigenvalue weighted by Crippen LogP contribution is -2.29. The quantitative estimate of drug-likeness (QED) is 0.674. The molecule has 0 saturated heterocycles. The fourth-order valence-electron chi connectivity index (χ4n) is 0.906. The van der Waals surface area contributed by atoms with E-state index in [2.05, 4.69) is 33.8 Å². The first kappa shape index (κ1) is 11.9. The third-order valence-corrected chi connectivity index (χ3v) is 2.47. The molecule has 0 atom stereocenters. The molecule has 0 aromatic heterocycles. The number of terminal acetylenes is 1. The van der Waals surface area contributed by atoms with Crippen LogP contribution in [0.25, 0.3) is 0 Å². The number of rotatable bonds is 4. The van der Waals surface area contributed by atoms with E-state index in [9.17, 15) is 4.79 Å². The molecule has 4 heteroatoms. The molecule has 15 heavy (non-hydrogen) atoms. The number of para-hydroxylation sites is 1. The van der Waals surface area contributed by atoms with E-state index in [1.165, 1.54) is 0 Å². The van der Waals surface area contributed by atoms with Crippen molar-refractivity contribution >= 4 is 28.5 Å². The van der Waals surface area contributed by atoms with E-state index in [0.717, 1.165) is 3.57 Å². The highest BCUT2D eigenvalue weighted by atomic mass is 127. The molecule has 0 aliphatic rings. The van der Waals surface area contributed by atoms with Crippen molar-refractivity contribution in [1.29, 1.82) is 0 Å². The second kappa shape index (κ2) is 6.30. The zero-order valence-electron chi connectivity index (χ0n) is 8.00. The van der Waals surface area contributed by atoms with Gasteiger partial charge in [-0.2, -0.15) is 0 Å². The molecule has 0 fully saturated rings. The van der Waals surface area contributed by atoms with E-state index in [4.69, 9.17) is 11.2 Å². The van der Waals surface area contributed by atoms with Crippen molar-refractivity contribution in [3.8, 4) is 18.1 Å². The summed E-state index contributed by atoms with van der Waals surface area (Å²) < 4.78 is 6.28. The van der Waals surface area contributed by atoms with Crippen LogP contribution in [-0.2, 0) is 4.79 Å². The lowest BCUT2D eigenvalue weighted by atomic mass is 10.3. The Morgan fingerprint density at radius 2 is 2.27 bits per heavy atom. The SMILES string of the molecule is C#CCNC(=O)COc1ccccc1I. The molecule has 1 aromatic rings. The highest BCUT2D eigenvalue weighted by Gasteiger charge is 2.03. The Labute approximate surface area is 102 Å². The van der Waals surface area contributed by atoms with Gasteiger partial charge in [0, 0.05) is 0 Å². The monoisotopic (exact) mass is 315 g/mol. The molecule has 0 spiro atoms. The summed E-state index contributed by atoms with van der Waals surface area (Å²) in [6, 6.07) is 7.50. The molecule has 1 aromatic carbocycles. The van der Waals surface area contributed by atoms with Gasteiger partial charge in [0.1, 0.15) is 5.75 Å². The lowest BCUT2D eigenvalue weighted by Gasteiger charge is -2.07. The van der Waals surface area contributed by atoms with Crippen LogP contribution in [0.4, 0.5) is 0 Å². The highest BCUT2D eigenvalue weighted by Crippen LogP contribution is 2.19. The Bertz CT molecular complexity index is 384. The standard InChI is InChI=1S/C11H10INO2/c1-2-7-13-11(14)8-15-10-6-4-3-5-9(10)12/h1,3-6H,7-8H2,(H,13,14). The third-order valence-electron chi connectivity index (χ3n) is 1.58. The number of benzene rings is 1. The summed E-state index contributed by atoms with van der Waals surface area (Å²) in [4.78, 5) is 11.2. The van der Waals surface area contributed by atoms with Crippen molar-refractivity contribution in [2.24, 2.45) is 0 Å². The molecule has 0 bridgehead atoms. The van der Waals surface area contributed by atoms with Gasteiger partial charge in [-0.1, -0.05) is 18.1 Å². The van der Waals surface area contributed by atoms with E-state index >= 15 is 0 Å². The summed E-state index contributed by atoms with van der Waals surface area (Å²) in [5.41, 5.74) is 0. The number of amides is 1. The first-order valence-electron chi connectivity index (χ1n) is 4.31. The number of carbonyl (C=O) groups is 1. The Hall–Kier alpha value is -1.22. The fraction of sp³-hybridized carbons (Fsp3) is 0.182. The smallest absolute Gasteiger partial charge is 0.258 e. The molecule has 0 saturated carbocycles. The number of hydrogen-bond acceptors (Lipinski definition) is 2. The van der Waals surface area contributed by atoms with E-state index in [1.807, 2.05) is 24.3 Å². The van der Waals surface area contributed by atoms with Gasteiger partial charge in [-0.3, -0.25) is 4.79 Å². The third kappa shape index (κ3) is 4.21. The second-order valence-corrected chi connectivity index (χ2v) is 3.86. The predicted octanol–water partition coefficient (Wildman–Crippen LogP) is 1.42. The summed E-state index contributed by atoms with van der Waals surface area (Å²) in [5.74, 6) is 2.81. The average Bonchev–Trinajstić information content (AvgIpc) is 2.25. The van der Waals surface area contributed by atoms with Gasteiger partial charge in [0.25, 0.3) is 5.91 Å². The zero-order valence-corrected chi connectivity index (χ0v) is 10.2. The van der Waals surface area contributed by atoms with Gasteiger partial charge in [0.2, 0.25) is 0 Å². The van der Waals surface area contributed by atoms with Crippen molar-refractivity contribution in [2.75, 3.05) is 13.2 Å². The minimum Gasteiger partial charge on any atom is -0.483 e. The van der Waals surface area contributed by atoms with Crippen molar-refractivity contribution in [3.63, 3.8) is 0 Å². The average molecular weight is 315 g/mol. The van der Waals surface area contributed by atoms with E-state index in [0.29, 0.717) is 5.75 Å². The summed E-state index contributed by atoms with van der Waals surface area (Å²) in [7, 11) is 0. The van der Waals surface area contributed by atoms with Gasteiger partial charge in [-0.15, -0.1) is 6.42 Å². The number of carbonyl (C=O) groups excluding carboxylic acids is 1. The van der Waals surface area contributed by atoms with Crippen molar-refractivity contribution in [3.05, 3.63) is 27.8 Å². The van der Waals surface area contributed by atoms with Gasteiger partial charge >= 0.3 is 0 Å². The van der Waals surface area contributed by atoms with Crippen LogP contribution in [-0.4, -0.2) is 19.1 Å². The molecule has 1 amide bonds. The molecule has 0 unspecified atom stereocenters. The van der Waals surface area contributed by atoms with Crippen LogP contribution in [0.1, 0.15) is 0 Å². The molecule has 0 radical (unpaired) electrons. The van der Waals surface area contributed by atoms with Crippen molar-refractivity contribution in [1.82, 2.24) is 5.32 Å². The molecular weight excluding hydrogens is 305 g/mol. The predicted molar refractivity (Wildman–Crippen MR) is 66.5 cm³/mol. The van der Waals surface area contributed by atoms with Crippen LogP contribution in [0.5, 0.6) is 5.75 Å². The molecule has 3 nitrogen and oxygen atoms in total. The Morgan fingerprint density at radius 3 is 2.93 bits per heavy atom. The maximum absolute atomic E-state index is 11.2. The van der Waals surface area contributed by atoms with Gasteiger partial charge in [0.05, 0.1) is 10.1 Å². The molecule has 78 valence electrons. The number of halogens is 1. The van der Waals surface area contributed by atoms with Crippen molar-refractivity contribution < 1.29 is 9.53 Å². The largest absolute Gasteiger partial charge is 0.483 e. The highest BCUT2D eigenvalue weighted by molar-refractivity contribution is 14.1. The Morgan fingerprint density at radius 1 is 1.53 bits per heavy atom. The fourth-order valence-corrected chi connectivity index (χ4v) is 1.45. The number of ether oxygens (including phenoxy) is 1. The summed E-state index contributed by atoms with van der Waals surface area (Å²) >= 11 is 2.15. The van der Waals surface area contributed by atoms with Crippen LogP contribution >= 0.6 is 22.6 Å². The molecular formula is C11H10INO2. The lowest BCUT2D eigenvalue weighted by molar-refractivity contribution is -0.122. The number of nitrogens with one attached hydrogen (secondary N) is 1. The van der Waals surface area contributed by atoms with Crippen molar-refractivity contribution in [2.45, 2.75) is 0 Å². The van der Waals surface area contributed by atoms with Gasteiger partial charge in [-0.25, -0.2) is 0 Å². The minimum atomic E-state index is -0.215. The van der Waals surface area contributed by atoms with E-state index < -0.39 is 0 Å². The first-order valence-corrected chi connectivity index (χ1v) is 5.39. The van der Waals surface area contributed by atoms with Crippen LogP contribution in [0, 0.1) is 15.9 Å². The van der Waals surface area contributed by atoms with Crippen LogP contribution in [0.3, 0.4) is 0 Å². The second-order valence-electron chi connectivity index (χ2n) is 2.70. The van der Waals surface area contributed by atoms with Gasteiger partial charge in [0.15, 0.2) is 6.61 Å². The summed E-state index contributed by atoms with van der Waals surface area (Å²) in [6.07, 6.45) is 5.00. The molecule has 0 aliphatic heterocycles. The Kier molecular flexibility index (Phi) is 4.98. The number of hydrogen-bond donors (Lipinski definition) is 1. The molecule has 0 aliphatic carbocycles. The molecule has 1 rings (SSSR count). The van der Waals surface area contributed by atoms with E-state index in [1.54, 1.807) is 0 Å². The zero-order chi connectivity index (χ0) is 11.1. The Balaban J connectivity index is 2.41. The summed E-state index contributed by atoms with van der Waals surface area (Å²) in [6.45, 7) is 0.218. The topological polar surface area (TPSA) is 38.3 Å². The maximum atomic E-state index is 11.2. The minimum absolute atomic E-state index is 0.0122. The van der Waals surface area contributed by atoms with Crippen LogP contribution < -0.4 is 10.1 Å². The normalized spacial score (nSPS) is 9.07. The maximum Gasteiger partial charge on any atom is 0.258 e. The van der Waals surface area contributed by atoms with Gasteiger partial charge in [-0.05, 0) is 34.7 Å².